The van der Waals surface area contributed by atoms with Gasteiger partial charge in [0, 0.05) is 28.9 Å². The second kappa shape index (κ2) is 13.7. The molecule has 0 saturated carbocycles. The molecule has 33 heavy (non-hydrogen) atoms. The third kappa shape index (κ3) is 9.12. The van der Waals surface area contributed by atoms with Crippen molar-refractivity contribution in [2.45, 2.75) is 46.3 Å². The van der Waals surface area contributed by atoms with Crippen molar-refractivity contribution >= 4 is 45.6 Å². The number of amides is 1. The first kappa shape index (κ1) is 27.4. The first-order chi connectivity index (χ1) is 15.7. The quantitative estimate of drug-likeness (QED) is 0.326. The van der Waals surface area contributed by atoms with Gasteiger partial charge in [-0.15, -0.1) is 0 Å². The Balaban J connectivity index is 1.97. The lowest BCUT2D eigenvalue weighted by atomic mass is 10.1. The maximum Gasteiger partial charge on any atom is 0.275 e. The van der Waals surface area contributed by atoms with Gasteiger partial charge >= 0.3 is 0 Å². The molecular formula is C23H32Cl2N4O3S. The van der Waals surface area contributed by atoms with Crippen molar-refractivity contribution in [3.8, 4) is 0 Å². The Bertz CT molecular complexity index is 949. The van der Waals surface area contributed by atoms with Crippen LogP contribution in [0.5, 0.6) is 0 Å². The lowest BCUT2D eigenvalue weighted by Gasteiger charge is -2.21. The van der Waals surface area contributed by atoms with Crippen molar-refractivity contribution in [1.82, 2.24) is 10.6 Å². The molecule has 182 valence electrons. The molecule has 0 aliphatic carbocycles. The molecule has 1 heterocycles. The predicted molar refractivity (Wildman–Crippen MR) is 137 cm³/mol. The average Bonchev–Trinajstić information content (AvgIpc) is 2.79. The molecular weight excluding hydrogens is 483 g/mol. The zero-order valence-electron chi connectivity index (χ0n) is 19.2. The van der Waals surface area contributed by atoms with Gasteiger partial charge in [-0.05, 0) is 68.7 Å². The Morgan fingerprint density at radius 2 is 1.94 bits per heavy atom. The van der Waals surface area contributed by atoms with Crippen LogP contribution in [0, 0.1) is 0 Å². The molecule has 7 nitrogen and oxygen atoms in total. The largest absolute Gasteiger partial charge is 0.404 e. The van der Waals surface area contributed by atoms with Gasteiger partial charge in [-0.1, -0.05) is 29.3 Å². The first-order valence-electron chi connectivity index (χ1n) is 10.8. The molecule has 0 radical (unpaired) electrons. The van der Waals surface area contributed by atoms with E-state index >= 15 is 0 Å². The summed E-state index contributed by atoms with van der Waals surface area (Å²) >= 11 is 12.1. The van der Waals surface area contributed by atoms with Gasteiger partial charge in [-0.25, -0.2) is 0 Å². The highest BCUT2D eigenvalue weighted by Crippen LogP contribution is 2.22. The van der Waals surface area contributed by atoms with Gasteiger partial charge in [-0.2, -0.15) is 0 Å². The standard InChI is InChI=1S/C23H32Cl2N4O3S/c1-15(2)22(28-14-17-4-5-19(24)20(25)12-17)29-23(30)21(16(3)13-26)27-8-9-32-18-6-10-33(31)11-7-18/h4-5,12-13,18,28H,6-11,14,26H2,1-3H3,(H,29,30)/b16-13-,27-21?. The van der Waals surface area contributed by atoms with E-state index < -0.39 is 10.8 Å². The van der Waals surface area contributed by atoms with E-state index in [1.807, 2.05) is 19.9 Å². The van der Waals surface area contributed by atoms with E-state index in [1.165, 1.54) is 6.20 Å². The molecule has 0 aromatic heterocycles. The van der Waals surface area contributed by atoms with Gasteiger partial charge in [0.1, 0.15) is 11.5 Å². The van der Waals surface area contributed by atoms with Crippen LogP contribution in [0.25, 0.3) is 0 Å². The molecule has 0 bridgehead atoms. The van der Waals surface area contributed by atoms with Gasteiger partial charge in [0.2, 0.25) is 0 Å². The van der Waals surface area contributed by atoms with E-state index in [9.17, 15) is 9.00 Å². The molecule has 4 N–H and O–H groups in total. The zero-order chi connectivity index (χ0) is 24.4. The van der Waals surface area contributed by atoms with Gasteiger partial charge in [0.15, 0.2) is 0 Å². The van der Waals surface area contributed by atoms with Gasteiger partial charge in [-0.3, -0.25) is 14.0 Å². The van der Waals surface area contributed by atoms with Crippen LogP contribution in [0.2, 0.25) is 10.0 Å². The summed E-state index contributed by atoms with van der Waals surface area (Å²) in [7, 11) is -0.720. The van der Waals surface area contributed by atoms with E-state index in [0.717, 1.165) is 24.0 Å². The second-order valence-electron chi connectivity index (χ2n) is 7.93. The number of rotatable bonds is 10. The topological polar surface area (TPSA) is 106 Å². The lowest BCUT2D eigenvalue weighted by molar-refractivity contribution is -0.114. The smallest absolute Gasteiger partial charge is 0.275 e. The number of allylic oxidation sites excluding steroid dienone is 1. The summed E-state index contributed by atoms with van der Waals surface area (Å²) in [6.45, 7) is 6.69. The fourth-order valence-electron chi connectivity index (χ4n) is 3.13. The van der Waals surface area contributed by atoms with Crippen molar-refractivity contribution in [1.29, 1.82) is 0 Å². The number of aliphatic imine (C=N–C) groups is 1. The first-order valence-corrected chi connectivity index (χ1v) is 13.0. The summed E-state index contributed by atoms with van der Waals surface area (Å²) in [5.74, 6) is 1.57. The van der Waals surface area contributed by atoms with E-state index in [1.54, 1.807) is 19.1 Å². The minimum absolute atomic E-state index is 0.101. The van der Waals surface area contributed by atoms with Crippen molar-refractivity contribution in [2.24, 2.45) is 10.7 Å². The Labute approximate surface area is 208 Å². The molecule has 1 aromatic rings. The summed E-state index contributed by atoms with van der Waals surface area (Å²) in [5, 5.41) is 7.08. The Morgan fingerprint density at radius 1 is 1.24 bits per heavy atom. The molecule has 1 amide bonds. The fraction of sp³-hybridized carbons (Fsp3) is 0.478. The van der Waals surface area contributed by atoms with Gasteiger partial charge < -0.3 is 21.1 Å². The molecule has 10 heteroatoms. The van der Waals surface area contributed by atoms with Crippen molar-refractivity contribution in [3.63, 3.8) is 0 Å². The number of halogens is 2. The van der Waals surface area contributed by atoms with E-state index in [0.29, 0.717) is 52.6 Å². The molecule has 1 aliphatic heterocycles. The average molecular weight is 516 g/mol. The molecule has 1 fully saturated rings. The molecule has 1 aromatic carbocycles. The number of nitrogens with one attached hydrogen (secondary N) is 2. The Kier molecular flexibility index (Phi) is 11.4. The van der Waals surface area contributed by atoms with Crippen LogP contribution < -0.4 is 16.4 Å². The minimum Gasteiger partial charge on any atom is -0.404 e. The molecule has 0 spiro atoms. The SMILES string of the molecule is CC(C)=C(NCc1ccc(Cl)c(Cl)c1)NC(=O)C(=NCCOC1CCS(=O)CC1)/C(C)=C\N. The summed E-state index contributed by atoms with van der Waals surface area (Å²) in [4.78, 5) is 17.4. The third-order valence-electron chi connectivity index (χ3n) is 5.08. The number of nitrogens with two attached hydrogens (primary N) is 1. The Hall–Kier alpha value is -1.87. The molecule has 0 atom stereocenters. The van der Waals surface area contributed by atoms with Gasteiger partial charge in [0.25, 0.3) is 5.91 Å². The number of hydrogen-bond donors (Lipinski definition) is 3. The lowest BCUT2D eigenvalue weighted by Crippen LogP contribution is -2.37. The number of benzene rings is 1. The molecule has 2 rings (SSSR count). The van der Waals surface area contributed by atoms with E-state index in [-0.39, 0.29) is 17.7 Å². The number of nitrogens with zero attached hydrogens (tertiary/aromatic N) is 1. The maximum atomic E-state index is 13.0. The summed E-state index contributed by atoms with van der Waals surface area (Å²) in [5.41, 5.74) is 8.30. The minimum atomic E-state index is -0.720. The molecule has 1 saturated heterocycles. The highest BCUT2D eigenvalue weighted by Gasteiger charge is 2.19. The van der Waals surface area contributed by atoms with E-state index in [2.05, 4.69) is 15.6 Å². The third-order valence-corrected chi connectivity index (χ3v) is 7.20. The van der Waals surface area contributed by atoms with Crippen molar-refractivity contribution < 1.29 is 13.7 Å². The normalized spacial score (nSPS) is 19.2. The van der Waals surface area contributed by atoms with Gasteiger partial charge in [0.05, 0.1) is 29.3 Å². The molecule has 1 aliphatic rings. The maximum absolute atomic E-state index is 13.0. The number of carbonyl (C=O) groups is 1. The highest BCUT2D eigenvalue weighted by atomic mass is 35.5. The van der Waals surface area contributed by atoms with Crippen LogP contribution in [-0.2, 0) is 26.9 Å². The van der Waals surface area contributed by atoms with E-state index in [4.69, 9.17) is 33.7 Å². The van der Waals surface area contributed by atoms with Crippen molar-refractivity contribution in [2.75, 3.05) is 24.7 Å². The Morgan fingerprint density at radius 3 is 2.55 bits per heavy atom. The number of ether oxygens (including phenoxy) is 1. The zero-order valence-corrected chi connectivity index (χ0v) is 21.6. The summed E-state index contributed by atoms with van der Waals surface area (Å²) in [6.07, 6.45) is 3.05. The number of carbonyl (C=O) groups excluding carboxylic acids is 1. The fourth-order valence-corrected chi connectivity index (χ4v) is 4.71. The van der Waals surface area contributed by atoms with Crippen LogP contribution >= 0.6 is 23.2 Å². The van der Waals surface area contributed by atoms with Crippen LogP contribution in [-0.4, -0.2) is 46.6 Å². The monoisotopic (exact) mass is 514 g/mol. The predicted octanol–water partition coefficient (Wildman–Crippen LogP) is 3.68. The van der Waals surface area contributed by atoms with Crippen LogP contribution in [0.3, 0.4) is 0 Å². The van der Waals surface area contributed by atoms with Crippen LogP contribution in [0.1, 0.15) is 39.2 Å². The van der Waals surface area contributed by atoms with Crippen LogP contribution in [0.4, 0.5) is 0 Å². The summed E-state index contributed by atoms with van der Waals surface area (Å²) in [6, 6.07) is 5.37. The highest BCUT2D eigenvalue weighted by molar-refractivity contribution is 7.85. The summed E-state index contributed by atoms with van der Waals surface area (Å²) < 4.78 is 17.3. The van der Waals surface area contributed by atoms with Crippen molar-refractivity contribution in [3.05, 3.63) is 57.0 Å². The second-order valence-corrected chi connectivity index (χ2v) is 10.4. The van der Waals surface area contributed by atoms with Crippen LogP contribution in [0.15, 0.2) is 46.4 Å². The molecule has 0 unspecified atom stereocenters. The number of hydrogen-bond acceptors (Lipinski definition) is 6.